The van der Waals surface area contributed by atoms with Gasteiger partial charge in [0.15, 0.2) is 0 Å². The standard InChI is InChI=1S/C28H24FN3O3/c1-18(31-27(34)17-33)14-20-7-6-19-4-2-3-5-25(19)28(20)35-24-12-13-26-21(15-24)16-30-32(26)23-10-8-22(29)9-11-23/h2-13,15-16,18,33H,14,17H2,1H3,(H,31,34). The van der Waals surface area contributed by atoms with Crippen LogP contribution in [0.3, 0.4) is 0 Å². The van der Waals surface area contributed by atoms with Crippen LogP contribution in [0.1, 0.15) is 12.5 Å². The lowest BCUT2D eigenvalue weighted by atomic mass is 10.0. The number of nitrogens with one attached hydrogen (secondary N) is 1. The highest BCUT2D eigenvalue weighted by atomic mass is 19.1. The molecule has 0 bridgehead atoms. The third kappa shape index (κ3) is 4.72. The van der Waals surface area contributed by atoms with Gasteiger partial charge in [0, 0.05) is 16.8 Å². The van der Waals surface area contributed by atoms with Crippen LogP contribution in [0.25, 0.3) is 27.4 Å². The highest BCUT2D eigenvalue weighted by Gasteiger charge is 2.15. The molecule has 1 aromatic heterocycles. The molecule has 1 heterocycles. The molecule has 4 aromatic carbocycles. The van der Waals surface area contributed by atoms with Gasteiger partial charge in [-0.15, -0.1) is 0 Å². The van der Waals surface area contributed by atoms with E-state index in [1.54, 1.807) is 23.0 Å². The number of hydrogen-bond donors (Lipinski definition) is 2. The second-order valence-electron chi connectivity index (χ2n) is 8.46. The predicted octanol–water partition coefficient (Wildman–Crippen LogP) is 5.15. The van der Waals surface area contributed by atoms with Crippen LogP contribution in [0.2, 0.25) is 0 Å². The normalized spacial score (nSPS) is 12.1. The van der Waals surface area contributed by atoms with E-state index in [1.807, 2.05) is 61.5 Å². The molecule has 176 valence electrons. The summed E-state index contributed by atoms with van der Waals surface area (Å²) in [6.45, 7) is 1.35. The summed E-state index contributed by atoms with van der Waals surface area (Å²) in [6.07, 6.45) is 2.29. The SMILES string of the molecule is CC(Cc1ccc2ccccc2c1Oc1ccc2c(cnn2-c2ccc(F)cc2)c1)NC(=O)CO. The van der Waals surface area contributed by atoms with E-state index < -0.39 is 12.5 Å². The number of carbonyl (C=O) groups excluding carboxylic acids is 1. The molecule has 1 atom stereocenters. The highest BCUT2D eigenvalue weighted by Crippen LogP contribution is 2.35. The summed E-state index contributed by atoms with van der Waals surface area (Å²) in [7, 11) is 0. The van der Waals surface area contributed by atoms with Gasteiger partial charge in [-0.3, -0.25) is 4.79 Å². The predicted molar refractivity (Wildman–Crippen MR) is 133 cm³/mol. The summed E-state index contributed by atoms with van der Waals surface area (Å²) in [5, 5.41) is 19.2. The Labute approximate surface area is 201 Å². The molecule has 0 saturated carbocycles. The van der Waals surface area contributed by atoms with E-state index in [0.717, 1.165) is 38.7 Å². The summed E-state index contributed by atoms with van der Waals surface area (Å²) >= 11 is 0. The number of benzene rings is 4. The Hall–Kier alpha value is -4.23. The van der Waals surface area contributed by atoms with Crippen LogP contribution in [-0.2, 0) is 11.2 Å². The van der Waals surface area contributed by atoms with E-state index in [9.17, 15) is 9.18 Å². The minimum Gasteiger partial charge on any atom is -0.456 e. The minimum atomic E-state index is -0.545. The largest absolute Gasteiger partial charge is 0.456 e. The van der Waals surface area contributed by atoms with Crippen molar-refractivity contribution in [2.45, 2.75) is 19.4 Å². The van der Waals surface area contributed by atoms with Crippen LogP contribution >= 0.6 is 0 Å². The van der Waals surface area contributed by atoms with E-state index in [0.29, 0.717) is 12.2 Å². The number of aromatic nitrogens is 2. The number of carbonyl (C=O) groups is 1. The minimum absolute atomic E-state index is 0.186. The maximum atomic E-state index is 13.3. The van der Waals surface area contributed by atoms with Crippen molar-refractivity contribution >= 4 is 27.6 Å². The van der Waals surface area contributed by atoms with Gasteiger partial charge in [0.1, 0.15) is 23.9 Å². The molecule has 0 aliphatic heterocycles. The third-order valence-corrected chi connectivity index (χ3v) is 5.87. The Morgan fingerprint density at radius 2 is 1.86 bits per heavy atom. The van der Waals surface area contributed by atoms with Crippen LogP contribution in [0.5, 0.6) is 11.5 Å². The van der Waals surface area contributed by atoms with Crippen LogP contribution in [0.4, 0.5) is 4.39 Å². The summed E-state index contributed by atoms with van der Waals surface area (Å²) in [5.41, 5.74) is 2.59. The van der Waals surface area contributed by atoms with E-state index in [2.05, 4.69) is 10.4 Å². The summed E-state index contributed by atoms with van der Waals surface area (Å²) in [5.74, 6) is 0.667. The molecule has 0 aliphatic carbocycles. The molecule has 0 saturated heterocycles. The van der Waals surface area contributed by atoms with E-state index in [1.165, 1.54) is 12.1 Å². The van der Waals surface area contributed by atoms with Gasteiger partial charge in [0.2, 0.25) is 5.91 Å². The number of amides is 1. The van der Waals surface area contributed by atoms with E-state index >= 15 is 0 Å². The first-order valence-corrected chi connectivity index (χ1v) is 11.3. The number of ether oxygens (including phenoxy) is 1. The van der Waals surface area contributed by atoms with Gasteiger partial charge in [0.25, 0.3) is 0 Å². The number of halogens is 1. The van der Waals surface area contributed by atoms with Crippen LogP contribution in [-0.4, -0.2) is 33.4 Å². The zero-order valence-electron chi connectivity index (χ0n) is 19.1. The van der Waals surface area contributed by atoms with Crippen molar-refractivity contribution in [1.82, 2.24) is 15.1 Å². The number of nitrogens with zero attached hydrogens (tertiary/aromatic N) is 2. The lowest BCUT2D eigenvalue weighted by molar-refractivity contribution is -0.124. The Bertz CT molecular complexity index is 1510. The molecule has 5 aromatic rings. The molecule has 0 aliphatic rings. The van der Waals surface area contributed by atoms with Gasteiger partial charge in [-0.2, -0.15) is 5.10 Å². The molecule has 7 heteroatoms. The number of rotatable bonds is 7. The van der Waals surface area contributed by atoms with Crippen molar-refractivity contribution in [1.29, 1.82) is 0 Å². The van der Waals surface area contributed by atoms with Crippen LogP contribution in [0.15, 0.2) is 85.1 Å². The molecule has 2 N–H and O–H groups in total. The number of aliphatic hydroxyl groups is 1. The van der Waals surface area contributed by atoms with E-state index in [4.69, 9.17) is 9.84 Å². The van der Waals surface area contributed by atoms with Crippen molar-refractivity contribution in [3.63, 3.8) is 0 Å². The number of aliphatic hydroxyl groups excluding tert-OH is 1. The monoisotopic (exact) mass is 469 g/mol. The molecule has 0 radical (unpaired) electrons. The molecule has 1 amide bonds. The Kier molecular flexibility index (Phi) is 6.16. The van der Waals surface area contributed by atoms with Gasteiger partial charge in [-0.05, 0) is 66.8 Å². The van der Waals surface area contributed by atoms with Crippen molar-refractivity contribution in [2.75, 3.05) is 6.61 Å². The first-order chi connectivity index (χ1) is 17.0. The molecule has 5 rings (SSSR count). The first-order valence-electron chi connectivity index (χ1n) is 11.3. The van der Waals surface area contributed by atoms with Crippen LogP contribution in [0, 0.1) is 5.82 Å². The number of fused-ring (bicyclic) bond motifs is 2. The summed E-state index contributed by atoms with van der Waals surface area (Å²) in [4.78, 5) is 11.6. The lowest BCUT2D eigenvalue weighted by Crippen LogP contribution is -2.35. The van der Waals surface area contributed by atoms with Gasteiger partial charge in [-0.25, -0.2) is 9.07 Å². The van der Waals surface area contributed by atoms with Crippen LogP contribution < -0.4 is 10.1 Å². The molecule has 35 heavy (non-hydrogen) atoms. The fourth-order valence-corrected chi connectivity index (χ4v) is 4.25. The molecular weight excluding hydrogens is 445 g/mol. The van der Waals surface area contributed by atoms with E-state index in [-0.39, 0.29) is 11.9 Å². The highest BCUT2D eigenvalue weighted by molar-refractivity contribution is 5.90. The average Bonchev–Trinajstić information content (AvgIpc) is 3.29. The van der Waals surface area contributed by atoms with Gasteiger partial charge >= 0.3 is 0 Å². The second-order valence-corrected chi connectivity index (χ2v) is 8.46. The van der Waals surface area contributed by atoms with Gasteiger partial charge < -0.3 is 15.2 Å². The molecule has 1 unspecified atom stereocenters. The third-order valence-electron chi connectivity index (χ3n) is 5.87. The fraction of sp³-hybridized carbons (Fsp3) is 0.143. The van der Waals surface area contributed by atoms with Crippen molar-refractivity contribution in [2.24, 2.45) is 0 Å². The number of hydrogen-bond acceptors (Lipinski definition) is 4. The Balaban J connectivity index is 1.50. The maximum Gasteiger partial charge on any atom is 0.245 e. The maximum absolute atomic E-state index is 13.3. The smallest absolute Gasteiger partial charge is 0.245 e. The topological polar surface area (TPSA) is 76.4 Å². The van der Waals surface area contributed by atoms with Crippen molar-refractivity contribution < 1.29 is 19.0 Å². The lowest BCUT2D eigenvalue weighted by Gasteiger charge is -2.18. The summed E-state index contributed by atoms with van der Waals surface area (Å²) in [6, 6.07) is 23.8. The Morgan fingerprint density at radius 1 is 1.06 bits per heavy atom. The zero-order chi connectivity index (χ0) is 24.4. The molecular formula is C28H24FN3O3. The van der Waals surface area contributed by atoms with Crippen molar-refractivity contribution in [3.8, 4) is 17.2 Å². The summed E-state index contributed by atoms with van der Waals surface area (Å²) < 4.78 is 21.5. The fourth-order valence-electron chi connectivity index (χ4n) is 4.25. The van der Waals surface area contributed by atoms with Gasteiger partial charge in [0.05, 0.1) is 17.4 Å². The zero-order valence-corrected chi connectivity index (χ0v) is 19.1. The molecule has 0 fully saturated rings. The Morgan fingerprint density at radius 3 is 2.66 bits per heavy atom. The second kappa shape index (κ2) is 9.56. The van der Waals surface area contributed by atoms with Crippen molar-refractivity contribution in [3.05, 3.63) is 96.4 Å². The van der Waals surface area contributed by atoms with Gasteiger partial charge in [-0.1, -0.05) is 36.4 Å². The quantitative estimate of drug-likeness (QED) is 0.346. The average molecular weight is 470 g/mol. The first kappa shape index (κ1) is 22.6. The molecule has 6 nitrogen and oxygen atoms in total. The molecule has 0 spiro atoms.